The van der Waals surface area contributed by atoms with E-state index >= 15 is 0 Å². The molecule has 0 unspecified atom stereocenters. The zero-order chi connectivity index (χ0) is 42.3. The van der Waals surface area contributed by atoms with Gasteiger partial charge in [-0.3, -0.25) is 0 Å². The summed E-state index contributed by atoms with van der Waals surface area (Å²) in [6, 6.07) is 31.7. The van der Waals surface area contributed by atoms with Crippen molar-refractivity contribution in [1.82, 2.24) is 19.9 Å². The normalized spacial score (nSPS) is 12.9. The van der Waals surface area contributed by atoms with Crippen LogP contribution in [0, 0.1) is 27.7 Å². The van der Waals surface area contributed by atoms with Gasteiger partial charge in [0.1, 0.15) is 0 Å². The van der Waals surface area contributed by atoms with Crippen LogP contribution in [-0.2, 0) is 0 Å². The highest BCUT2D eigenvalue weighted by Crippen LogP contribution is 2.52. The summed E-state index contributed by atoms with van der Waals surface area (Å²) >= 11 is 58.8. The molecule has 2 aliphatic rings. The maximum absolute atomic E-state index is 7.35. The number of aromatic amines is 2. The lowest BCUT2D eigenvalue weighted by Crippen LogP contribution is -1.91. The molecule has 0 aliphatic carbocycles. The molecule has 0 radical (unpaired) electrons. The van der Waals surface area contributed by atoms with E-state index in [1.165, 1.54) is 0 Å². The second-order valence-electron chi connectivity index (χ2n) is 14.8. The summed E-state index contributed by atoms with van der Waals surface area (Å²) in [5.41, 5.74) is 12.6. The fourth-order valence-corrected chi connectivity index (χ4v) is 9.42. The summed E-state index contributed by atoms with van der Waals surface area (Å²) in [5, 5.41) is 1.67. The van der Waals surface area contributed by atoms with Crippen molar-refractivity contribution in [2.45, 2.75) is 27.7 Å². The molecule has 4 aromatic carbocycles. The summed E-state index contributed by atoms with van der Waals surface area (Å²) < 4.78 is 0. The summed E-state index contributed by atoms with van der Waals surface area (Å²) in [6.45, 7) is 8.04. The van der Waals surface area contributed by atoms with Crippen molar-refractivity contribution in [2.75, 3.05) is 0 Å². The van der Waals surface area contributed by atoms with Gasteiger partial charge in [0, 0.05) is 22.3 Å². The van der Waals surface area contributed by atoms with Crippen LogP contribution in [0.15, 0.2) is 97.1 Å². The lowest BCUT2D eigenvalue weighted by molar-refractivity contribution is 1.30. The molecule has 0 spiro atoms. The van der Waals surface area contributed by atoms with Crippen molar-refractivity contribution in [1.29, 1.82) is 0 Å². The summed E-state index contributed by atoms with van der Waals surface area (Å²) in [6.07, 6.45) is 0. The van der Waals surface area contributed by atoms with E-state index in [9.17, 15) is 0 Å². The number of benzene rings is 4. The monoisotopic (exact) mass is 942 g/mol. The van der Waals surface area contributed by atoms with Crippen molar-refractivity contribution in [3.8, 4) is 44.5 Å². The highest BCUT2D eigenvalue weighted by molar-refractivity contribution is 6.67. The molecule has 8 bridgehead atoms. The van der Waals surface area contributed by atoms with Crippen molar-refractivity contribution < 1.29 is 0 Å². The molecule has 2 N–H and O–H groups in total. The number of fused-ring (bicyclic) bond motifs is 8. The lowest BCUT2D eigenvalue weighted by atomic mass is 10.0. The van der Waals surface area contributed by atoms with Gasteiger partial charge in [0.15, 0.2) is 0 Å². The number of nitrogens with one attached hydrogen (secondary N) is 2. The standard InChI is InChI=1S/C48H30Cl8N4/c1-21-5-13-25(14-6-21)29-41-33(49)35(51)43(57-41)30(26-15-7-22(2)8-16-26)45-37(53)39(55)47(59-45)32(28-19-11-24(4)12-20-28)48-40(56)38(54)46(60-48)31(27-17-9-23(3)10-18-27)44-36(52)34(50)42(29)58-44/h5-20,57,60H,1-4H3. The number of H-pyrrole nitrogens is 2. The smallest absolute Gasteiger partial charge is 0.0939 e. The minimum atomic E-state index is 0.194. The van der Waals surface area contributed by atoms with Crippen LogP contribution in [0.2, 0.25) is 20.1 Å². The first-order valence-electron chi connectivity index (χ1n) is 18.7. The number of halogens is 8. The molecule has 0 atom stereocenters. The molecule has 9 rings (SSSR count). The van der Waals surface area contributed by atoms with Crippen LogP contribution in [0.5, 0.6) is 0 Å². The van der Waals surface area contributed by atoms with Gasteiger partial charge >= 0.3 is 0 Å². The number of aromatic nitrogens is 4. The third kappa shape index (κ3) is 6.87. The fraction of sp³-hybridized carbons (Fsp3) is 0.0833. The quantitative estimate of drug-likeness (QED) is 0.185. The van der Waals surface area contributed by atoms with E-state index in [1.807, 2.05) is 125 Å². The maximum Gasteiger partial charge on any atom is 0.0939 e. The number of hydrogen-bond donors (Lipinski definition) is 2. The summed E-state index contributed by atoms with van der Waals surface area (Å²) in [5.74, 6) is 0. The van der Waals surface area contributed by atoms with Gasteiger partial charge in [0.2, 0.25) is 0 Å². The van der Waals surface area contributed by atoms with E-state index in [0.717, 1.165) is 44.5 Å². The van der Waals surface area contributed by atoms with Crippen molar-refractivity contribution in [3.05, 3.63) is 162 Å². The average molecular weight is 946 g/mol. The van der Waals surface area contributed by atoms with Gasteiger partial charge in [0.25, 0.3) is 0 Å². The van der Waals surface area contributed by atoms with E-state index in [1.54, 1.807) is 0 Å². The van der Waals surface area contributed by atoms with Crippen LogP contribution in [0.3, 0.4) is 0 Å². The number of aryl methyl sites for hydroxylation is 4. The molecule has 4 nitrogen and oxygen atoms in total. The molecule has 2 aliphatic heterocycles. The van der Waals surface area contributed by atoms with Crippen LogP contribution in [0.4, 0.5) is 0 Å². The Morgan fingerprint density at radius 2 is 0.483 bits per heavy atom. The summed E-state index contributed by atoms with van der Waals surface area (Å²) in [4.78, 5) is 17.7. The van der Waals surface area contributed by atoms with E-state index < -0.39 is 0 Å². The van der Waals surface area contributed by atoms with Crippen molar-refractivity contribution in [2.24, 2.45) is 0 Å². The zero-order valence-electron chi connectivity index (χ0n) is 32.2. The largest absolute Gasteiger partial charge is 0.352 e. The molecule has 298 valence electrons. The molecular weight excluding hydrogens is 916 g/mol. The molecule has 3 aromatic heterocycles. The second-order valence-corrected chi connectivity index (χ2v) is 17.9. The van der Waals surface area contributed by atoms with E-state index in [0.29, 0.717) is 67.1 Å². The van der Waals surface area contributed by atoms with E-state index in [-0.39, 0.29) is 40.2 Å². The molecule has 0 fully saturated rings. The molecular formula is C48H30Cl8N4. The van der Waals surface area contributed by atoms with Gasteiger partial charge in [-0.05, 0) is 49.9 Å². The number of nitrogens with zero attached hydrogens (tertiary/aromatic N) is 2. The van der Waals surface area contributed by atoms with Gasteiger partial charge < -0.3 is 9.97 Å². The highest BCUT2D eigenvalue weighted by Gasteiger charge is 2.31. The van der Waals surface area contributed by atoms with E-state index in [2.05, 4.69) is 9.97 Å². The Balaban J connectivity index is 1.62. The van der Waals surface area contributed by atoms with Gasteiger partial charge in [-0.2, -0.15) is 0 Å². The van der Waals surface area contributed by atoms with Crippen LogP contribution < -0.4 is 0 Å². The van der Waals surface area contributed by atoms with Gasteiger partial charge in [-0.25, -0.2) is 9.97 Å². The third-order valence-corrected chi connectivity index (χ3v) is 14.1. The third-order valence-electron chi connectivity index (χ3n) is 10.7. The van der Waals surface area contributed by atoms with Crippen LogP contribution in [-0.4, -0.2) is 19.9 Å². The zero-order valence-corrected chi connectivity index (χ0v) is 38.2. The Morgan fingerprint density at radius 3 is 0.667 bits per heavy atom. The fourth-order valence-electron chi connectivity index (χ4n) is 7.57. The van der Waals surface area contributed by atoms with E-state index in [4.69, 9.17) is 103 Å². The minimum Gasteiger partial charge on any atom is -0.352 e. The lowest BCUT2D eigenvalue weighted by Gasteiger charge is -2.08. The first kappa shape index (κ1) is 41.2. The van der Waals surface area contributed by atoms with Crippen LogP contribution in [0.1, 0.15) is 45.0 Å². The molecule has 0 saturated carbocycles. The maximum atomic E-state index is 7.35. The molecule has 0 saturated heterocycles. The predicted molar refractivity (Wildman–Crippen MR) is 259 cm³/mol. The average Bonchev–Trinajstić information content (AvgIpc) is 3.89. The van der Waals surface area contributed by atoms with Crippen molar-refractivity contribution in [3.63, 3.8) is 0 Å². The minimum absolute atomic E-state index is 0.194. The van der Waals surface area contributed by atoms with Gasteiger partial charge in [-0.1, -0.05) is 212 Å². The molecule has 0 amide bonds. The van der Waals surface area contributed by atoms with Crippen LogP contribution in [0.25, 0.3) is 86.7 Å². The molecule has 5 heterocycles. The van der Waals surface area contributed by atoms with Crippen molar-refractivity contribution >= 4 is 135 Å². The number of rotatable bonds is 4. The second kappa shape index (κ2) is 15.9. The SMILES string of the molecule is Cc1ccc(-c2c3nc(c(-c4ccc(C)cc4)c4[nH]c(c(Cl)c4Cl)c(-c4ccc(C)cc4)c4nc(c(-c5ccc(C)cc5)c5[nH]c2c(Cl)c5Cl)C(Cl)=C4Cl)C(Cl)=C3Cl)cc1. The Labute approximate surface area is 386 Å². The topological polar surface area (TPSA) is 57.4 Å². The first-order valence-corrected chi connectivity index (χ1v) is 21.7. The van der Waals surface area contributed by atoms with Gasteiger partial charge in [-0.15, -0.1) is 0 Å². The molecule has 7 aromatic rings. The molecule has 12 heteroatoms. The Bertz CT molecular complexity index is 2760. The van der Waals surface area contributed by atoms with Gasteiger partial charge in [0.05, 0.1) is 85.1 Å². The Hall–Kier alpha value is -4.20. The molecule has 60 heavy (non-hydrogen) atoms. The highest BCUT2D eigenvalue weighted by atomic mass is 35.5. The Kier molecular flexibility index (Phi) is 10.9. The van der Waals surface area contributed by atoms with Crippen LogP contribution >= 0.6 is 92.8 Å². The summed E-state index contributed by atoms with van der Waals surface area (Å²) in [7, 11) is 0. The predicted octanol–water partition coefficient (Wildman–Crippen LogP) is 17.4. The number of hydrogen-bond acceptors (Lipinski definition) is 2. The Morgan fingerprint density at radius 1 is 0.300 bits per heavy atom. The first-order chi connectivity index (χ1) is 28.7.